The molecule has 1 N–H and O–H groups in total. The van der Waals surface area contributed by atoms with Gasteiger partial charge in [-0.05, 0) is 40.2 Å². The fourth-order valence-electron chi connectivity index (χ4n) is 1.54. The molecule has 0 radical (unpaired) electrons. The summed E-state index contributed by atoms with van der Waals surface area (Å²) in [5.74, 6) is 0.827. The van der Waals surface area contributed by atoms with Gasteiger partial charge >= 0.3 is 0 Å². The predicted octanol–water partition coefficient (Wildman–Crippen LogP) is 4.96. The van der Waals surface area contributed by atoms with Crippen LogP contribution in [0.3, 0.4) is 0 Å². The summed E-state index contributed by atoms with van der Waals surface area (Å²) < 4.78 is 1.82. The lowest BCUT2D eigenvalue weighted by atomic mass is 10.4. The van der Waals surface area contributed by atoms with Gasteiger partial charge in [-0.1, -0.05) is 23.7 Å². The Balaban J connectivity index is 1.69. The lowest BCUT2D eigenvalue weighted by Gasteiger charge is -2.05. The number of nitrogens with one attached hydrogen (secondary N) is 1. The number of halogens is 2. The third kappa shape index (κ3) is 5.13. The highest BCUT2D eigenvalue weighted by atomic mass is 79.9. The van der Waals surface area contributed by atoms with Crippen LogP contribution in [0.25, 0.3) is 0 Å². The fraction of sp³-hybridized carbons (Fsp3) is 0.214. The number of thioether (sulfide) groups is 1. The van der Waals surface area contributed by atoms with E-state index in [-0.39, 0.29) is 5.91 Å². The zero-order valence-electron chi connectivity index (χ0n) is 10.6. The van der Waals surface area contributed by atoms with E-state index in [9.17, 15) is 4.79 Å². The molecule has 1 aromatic heterocycles. The summed E-state index contributed by atoms with van der Waals surface area (Å²) >= 11 is 12.5. The number of hydrogen-bond donors (Lipinski definition) is 1. The van der Waals surface area contributed by atoms with Crippen LogP contribution in [-0.2, 0) is 11.3 Å². The Morgan fingerprint density at radius 2 is 2.10 bits per heavy atom. The van der Waals surface area contributed by atoms with Crippen LogP contribution in [0.1, 0.15) is 11.3 Å². The zero-order valence-corrected chi connectivity index (χ0v) is 14.5. The number of amides is 1. The Hall–Kier alpha value is -0.490. The standard InChI is InChI=1S/C14H13BrClNOS2/c15-11-3-1-2-4-12(11)19-8-7-14(18)17-9-10-5-6-13(16)20-10/h1-6H,7-9H2,(H,17,18). The summed E-state index contributed by atoms with van der Waals surface area (Å²) in [6.45, 7) is 0.552. The number of carbonyl (C=O) groups excluding carboxylic acids is 1. The monoisotopic (exact) mass is 389 g/mol. The summed E-state index contributed by atoms with van der Waals surface area (Å²) in [6, 6.07) is 11.8. The fourth-order valence-corrected chi connectivity index (χ4v) is 4.08. The molecule has 0 atom stereocenters. The first kappa shape index (κ1) is 15.9. The molecular formula is C14H13BrClNOS2. The molecule has 6 heteroatoms. The first-order valence-corrected chi connectivity index (χ1v) is 9.00. The quantitative estimate of drug-likeness (QED) is 0.706. The van der Waals surface area contributed by atoms with Gasteiger partial charge in [-0.3, -0.25) is 4.79 Å². The van der Waals surface area contributed by atoms with E-state index < -0.39 is 0 Å². The van der Waals surface area contributed by atoms with Gasteiger partial charge in [-0.2, -0.15) is 0 Å². The van der Waals surface area contributed by atoms with E-state index in [1.54, 1.807) is 11.8 Å². The minimum Gasteiger partial charge on any atom is -0.351 e. The van der Waals surface area contributed by atoms with Crippen molar-refractivity contribution in [1.29, 1.82) is 0 Å². The van der Waals surface area contributed by atoms with Gasteiger partial charge in [-0.25, -0.2) is 0 Å². The molecule has 1 heterocycles. The van der Waals surface area contributed by atoms with Gasteiger partial charge in [0.15, 0.2) is 0 Å². The van der Waals surface area contributed by atoms with Crippen LogP contribution < -0.4 is 5.32 Å². The first-order chi connectivity index (χ1) is 9.65. The molecule has 0 unspecified atom stereocenters. The van der Waals surface area contributed by atoms with Crippen molar-refractivity contribution >= 4 is 56.5 Å². The number of thiophene rings is 1. The van der Waals surface area contributed by atoms with Gasteiger partial charge < -0.3 is 5.32 Å². The third-order valence-corrected chi connectivity index (χ3v) is 5.77. The van der Waals surface area contributed by atoms with Gasteiger partial charge in [0.2, 0.25) is 5.91 Å². The molecule has 1 amide bonds. The maximum atomic E-state index is 11.7. The van der Waals surface area contributed by atoms with Gasteiger partial charge in [0.1, 0.15) is 0 Å². The first-order valence-electron chi connectivity index (χ1n) is 6.03. The highest BCUT2D eigenvalue weighted by Crippen LogP contribution is 2.27. The van der Waals surface area contributed by atoms with Crippen LogP contribution >= 0.6 is 50.6 Å². The average Bonchev–Trinajstić information content (AvgIpc) is 2.84. The Bertz CT molecular complexity index is 588. The molecule has 20 heavy (non-hydrogen) atoms. The van der Waals surface area contributed by atoms with Crippen molar-refractivity contribution < 1.29 is 4.79 Å². The van der Waals surface area contributed by atoms with E-state index in [4.69, 9.17) is 11.6 Å². The molecule has 2 rings (SSSR count). The Kier molecular flexibility index (Phi) is 6.42. The molecule has 0 spiro atoms. The molecule has 0 aliphatic carbocycles. The summed E-state index contributed by atoms with van der Waals surface area (Å²) in [7, 11) is 0. The largest absolute Gasteiger partial charge is 0.351 e. The lowest BCUT2D eigenvalue weighted by Crippen LogP contribution is -2.22. The van der Waals surface area contributed by atoms with Crippen molar-refractivity contribution in [2.75, 3.05) is 5.75 Å². The van der Waals surface area contributed by atoms with Gasteiger partial charge in [0.05, 0.1) is 10.9 Å². The summed E-state index contributed by atoms with van der Waals surface area (Å²) in [5, 5.41) is 2.90. The molecule has 2 aromatic rings. The maximum absolute atomic E-state index is 11.7. The second-order valence-corrected chi connectivity index (χ2v) is 7.80. The van der Waals surface area contributed by atoms with Crippen LogP contribution in [0, 0.1) is 0 Å². The second kappa shape index (κ2) is 8.08. The van der Waals surface area contributed by atoms with E-state index in [0.29, 0.717) is 13.0 Å². The summed E-state index contributed by atoms with van der Waals surface area (Å²) in [5.41, 5.74) is 0. The minimum absolute atomic E-state index is 0.0640. The molecular weight excluding hydrogens is 378 g/mol. The number of carbonyl (C=O) groups is 1. The minimum atomic E-state index is 0.0640. The number of hydrogen-bond acceptors (Lipinski definition) is 3. The van der Waals surface area contributed by atoms with Crippen LogP contribution in [0.5, 0.6) is 0 Å². The van der Waals surface area contributed by atoms with Crippen LogP contribution in [0.4, 0.5) is 0 Å². The smallest absolute Gasteiger partial charge is 0.221 e. The van der Waals surface area contributed by atoms with E-state index in [1.165, 1.54) is 11.3 Å². The summed E-state index contributed by atoms with van der Waals surface area (Å²) in [6.07, 6.45) is 0.505. The number of benzene rings is 1. The maximum Gasteiger partial charge on any atom is 0.221 e. The van der Waals surface area contributed by atoms with Crippen LogP contribution in [0.15, 0.2) is 45.8 Å². The Morgan fingerprint density at radius 3 is 2.80 bits per heavy atom. The Labute approximate surface area is 140 Å². The molecule has 0 bridgehead atoms. The average molecular weight is 391 g/mol. The SMILES string of the molecule is O=C(CCSc1ccccc1Br)NCc1ccc(Cl)s1. The topological polar surface area (TPSA) is 29.1 Å². The van der Waals surface area contributed by atoms with Gasteiger partial charge in [-0.15, -0.1) is 23.1 Å². The molecule has 0 fully saturated rings. The lowest BCUT2D eigenvalue weighted by molar-refractivity contribution is -0.120. The van der Waals surface area contributed by atoms with Crippen molar-refractivity contribution in [2.24, 2.45) is 0 Å². The number of rotatable bonds is 6. The molecule has 0 aliphatic heterocycles. The second-order valence-electron chi connectivity index (χ2n) is 4.01. The predicted molar refractivity (Wildman–Crippen MR) is 90.7 cm³/mol. The van der Waals surface area contributed by atoms with Crippen molar-refractivity contribution in [3.63, 3.8) is 0 Å². The van der Waals surface area contributed by atoms with E-state index in [1.807, 2.05) is 36.4 Å². The van der Waals surface area contributed by atoms with Crippen LogP contribution in [-0.4, -0.2) is 11.7 Å². The normalized spacial score (nSPS) is 10.5. The van der Waals surface area contributed by atoms with E-state index >= 15 is 0 Å². The summed E-state index contributed by atoms with van der Waals surface area (Å²) in [4.78, 5) is 14.0. The molecule has 106 valence electrons. The third-order valence-electron chi connectivity index (χ3n) is 2.51. The highest BCUT2D eigenvalue weighted by Gasteiger charge is 2.05. The van der Waals surface area contributed by atoms with Gasteiger partial charge in [0.25, 0.3) is 0 Å². The molecule has 0 saturated heterocycles. The molecule has 2 nitrogen and oxygen atoms in total. The van der Waals surface area contributed by atoms with Crippen molar-refractivity contribution in [3.05, 3.63) is 50.1 Å². The Morgan fingerprint density at radius 1 is 1.30 bits per heavy atom. The van der Waals surface area contributed by atoms with E-state index in [0.717, 1.165) is 24.3 Å². The van der Waals surface area contributed by atoms with E-state index in [2.05, 4.69) is 21.2 Å². The van der Waals surface area contributed by atoms with Crippen molar-refractivity contribution in [3.8, 4) is 0 Å². The highest BCUT2D eigenvalue weighted by molar-refractivity contribution is 9.10. The molecule has 0 aliphatic rings. The van der Waals surface area contributed by atoms with Crippen molar-refractivity contribution in [2.45, 2.75) is 17.9 Å². The molecule has 1 aromatic carbocycles. The van der Waals surface area contributed by atoms with Gasteiger partial charge in [0, 0.05) is 26.4 Å². The zero-order chi connectivity index (χ0) is 14.4. The van der Waals surface area contributed by atoms with Crippen molar-refractivity contribution in [1.82, 2.24) is 5.32 Å². The van der Waals surface area contributed by atoms with Crippen LogP contribution in [0.2, 0.25) is 4.34 Å². The molecule has 0 saturated carbocycles.